The Morgan fingerprint density at radius 1 is 0.464 bits per heavy atom. The largest absolute Gasteiger partial charge is 0.508 e. The molecule has 0 saturated heterocycles. The Hall–Kier alpha value is -2.62. The topological polar surface area (TPSA) is 80.9 Å². The van der Waals surface area contributed by atoms with Gasteiger partial charge in [0.25, 0.3) is 0 Å². The molecule has 28 heavy (non-hydrogen) atoms. The van der Waals surface area contributed by atoms with Crippen LogP contribution in [0.3, 0.4) is 0 Å². The lowest BCUT2D eigenvalue weighted by atomic mass is 10.0. The van der Waals surface area contributed by atoms with Crippen molar-refractivity contribution >= 4 is 0 Å². The van der Waals surface area contributed by atoms with Crippen molar-refractivity contribution in [3.8, 4) is 23.0 Å². The van der Waals surface area contributed by atoms with Crippen molar-refractivity contribution in [1.29, 1.82) is 0 Å². The van der Waals surface area contributed by atoms with Crippen molar-refractivity contribution in [2.24, 2.45) is 0 Å². The molecule has 0 spiro atoms. The molecule has 4 heteroatoms. The third kappa shape index (κ3) is 8.85. The molecule has 0 heterocycles. The van der Waals surface area contributed by atoms with Gasteiger partial charge in [0.05, 0.1) is 0 Å². The predicted octanol–water partition coefficient (Wildman–Crippen LogP) is 5.97. The van der Waals surface area contributed by atoms with Crippen LogP contribution in [0, 0.1) is 0 Å². The number of phenolic OH excluding ortho intramolecular Hbond substituents is 4. The van der Waals surface area contributed by atoms with Gasteiger partial charge in [-0.15, -0.1) is 0 Å². The van der Waals surface area contributed by atoms with Crippen LogP contribution in [0.4, 0.5) is 0 Å². The van der Waals surface area contributed by atoms with Crippen molar-refractivity contribution in [2.45, 2.75) is 64.2 Å². The highest BCUT2D eigenvalue weighted by Gasteiger charge is 2.00. The number of phenols is 4. The number of rotatable bonds is 12. The summed E-state index contributed by atoms with van der Waals surface area (Å²) in [5.41, 5.74) is 1.95. The van der Waals surface area contributed by atoms with Crippen LogP contribution in [0.1, 0.15) is 62.5 Å². The van der Waals surface area contributed by atoms with E-state index in [1.807, 2.05) is 0 Å². The molecule has 0 bridgehead atoms. The molecular formula is C24H32O4. The van der Waals surface area contributed by atoms with E-state index in [1.165, 1.54) is 31.4 Å². The van der Waals surface area contributed by atoms with Gasteiger partial charge in [0, 0.05) is 12.1 Å². The van der Waals surface area contributed by atoms with Gasteiger partial charge in [-0.2, -0.15) is 0 Å². The second kappa shape index (κ2) is 12.0. The number of unbranched alkanes of at least 4 members (excludes halogenated alkanes) is 6. The first-order valence-corrected chi connectivity index (χ1v) is 10.2. The smallest absolute Gasteiger partial charge is 0.119 e. The van der Waals surface area contributed by atoms with E-state index in [9.17, 15) is 20.4 Å². The molecule has 0 aliphatic carbocycles. The van der Waals surface area contributed by atoms with Gasteiger partial charge in [0.2, 0.25) is 0 Å². The number of allylic oxidation sites excluding steroid dienone is 2. The fourth-order valence-corrected chi connectivity index (χ4v) is 3.38. The van der Waals surface area contributed by atoms with Crippen molar-refractivity contribution in [3.63, 3.8) is 0 Å². The van der Waals surface area contributed by atoms with Gasteiger partial charge in [-0.05, 0) is 80.3 Å². The van der Waals surface area contributed by atoms with Crippen LogP contribution in [0.5, 0.6) is 23.0 Å². The van der Waals surface area contributed by atoms with Gasteiger partial charge < -0.3 is 20.4 Å². The molecule has 2 rings (SSSR count). The Bertz CT molecular complexity index is 712. The van der Waals surface area contributed by atoms with Crippen molar-refractivity contribution in [3.05, 3.63) is 59.7 Å². The molecule has 4 N–H and O–H groups in total. The van der Waals surface area contributed by atoms with Crippen molar-refractivity contribution in [2.75, 3.05) is 0 Å². The van der Waals surface area contributed by atoms with E-state index >= 15 is 0 Å². The molecule has 0 unspecified atom stereocenters. The lowest BCUT2D eigenvalue weighted by Gasteiger charge is -2.04. The van der Waals surface area contributed by atoms with Gasteiger partial charge in [0.1, 0.15) is 23.0 Å². The highest BCUT2D eigenvalue weighted by Crippen LogP contribution is 2.23. The summed E-state index contributed by atoms with van der Waals surface area (Å²) in [7, 11) is 0. The van der Waals surface area contributed by atoms with E-state index in [0.29, 0.717) is 0 Å². The van der Waals surface area contributed by atoms with Crippen LogP contribution < -0.4 is 0 Å². The lowest BCUT2D eigenvalue weighted by Crippen LogP contribution is -1.86. The highest BCUT2D eigenvalue weighted by molar-refractivity contribution is 5.37. The maximum absolute atomic E-state index is 9.46. The van der Waals surface area contributed by atoms with Gasteiger partial charge >= 0.3 is 0 Å². The standard InChI is InChI=1S/C24H32O4/c25-21-13-19(14-22(26)17-21)11-9-7-5-3-1-2-4-6-8-10-12-20-15-23(27)18-24(28)16-20/h3,5,13-18,25-28H,1-2,4,6-12H2. The summed E-state index contributed by atoms with van der Waals surface area (Å²) in [5, 5.41) is 37.8. The molecule has 0 aromatic heterocycles. The van der Waals surface area contributed by atoms with E-state index in [1.54, 1.807) is 24.3 Å². The Kier molecular flexibility index (Phi) is 9.26. The third-order valence-corrected chi connectivity index (χ3v) is 4.76. The molecule has 0 atom stereocenters. The number of benzene rings is 2. The summed E-state index contributed by atoms with van der Waals surface area (Å²) in [5.74, 6) is 0.486. The van der Waals surface area contributed by atoms with Crippen LogP contribution >= 0.6 is 0 Å². The Balaban J connectivity index is 1.45. The van der Waals surface area contributed by atoms with E-state index in [-0.39, 0.29) is 23.0 Å². The first-order valence-electron chi connectivity index (χ1n) is 10.2. The maximum Gasteiger partial charge on any atom is 0.119 e. The molecule has 0 saturated carbocycles. The van der Waals surface area contributed by atoms with E-state index < -0.39 is 0 Å². The summed E-state index contributed by atoms with van der Waals surface area (Å²) < 4.78 is 0. The normalized spacial score (nSPS) is 11.3. The van der Waals surface area contributed by atoms with Crippen LogP contribution in [0.2, 0.25) is 0 Å². The highest BCUT2D eigenvalue weighted by atomic mass is 16.3. The Morgan fingerprint density at radius 2 is 0.857 bits per heavy atom. The van der Waals surface area contributed by atoms with Gasteiger partial charge in [-0.3, -0.25) is 0 Å². The molecule has 4 nitrogen and oxygen atoms in total. The minimum atomic E-state index is 0.116. The van der Waals surface area contributed by atoms with Crippen LogP contribution in [-0.2, 0) is 12.8 Å². The molecule has 0 amide bonds. The van der Waals surface area contributed by atoms with E-state index in [0.717, 1.165) is 56.1 Å². The fraction of sp³-hybridized carbons (Fsp3) is 0.417. The SMILES string of the molecule is Oc1cc(O)cc(CCCC=CCCCCCCCc2cc(O)cc(O)c2)c1. The molecule has 152 valence electrons. The molecule has 2 aromatic carbocycles. The lowest BCUT2D eigenvalue weighted by molar-refractivity contribution is 0.448. The summed E-state index contributed by atoms with van der Waals surface area (Å²) >= 11 is 0. The van der Waals surface area contributed by atoms with Crippen molar-refractivity contribution in [1.82, 2.24) is 0 Å². The second-order valence-electron chi connectivity index (χ2n) is 7.39. The maximum atomic E-state index is 9.46. The molecule has 0 aliphatic heterocycles. The van der Waals surface area contributed by atoms with Crippen LogP contribution in [0.25, 0.3) is 0 Å². The van der Waals surface area contributed by atoms with E-state index in [2.05, 4.69) is 12.2 Å². The third-order valence-electron chi connectivity index (χ3n) is 4.76. The quantitative estimate of drug-likeness (QED) is 0.268. The van der Waals surface area contributed by atoms with Crippen LogP contribution in [-0.4, -0.2) is 20.4 Å². The number of hydrogen-bond donors (Lipinski definition) is 4. The zero-order valence-corrected chi connectivity index (χ0v) is 16.5. The molecule has 0 aliphatic rings. The average Bonchev–Trinajstić information content (AvgIpc) is 2.61. The summed E-state index contributed by atoms with van der Waals surface area (Å²) in [6.45, 7) is 0. The first kappa shape index (κ1) is 21.7. The van der Waals surface area contributed by atoms with Crippen LogP contribution in [0.15, 0.2) is 48.6 Å². The minimum absolute atomic E-state index is 0.116. The van der Waals surface area contributed by atoms with E-state index in [4.69, 9.17) is 0 Å². The zero-order valence-electron chi connectivity index (χ0n) is 16.5. The number of hydrogen-bond acceptors (Lipinski definition) is 4. The molecule has 0 fully saturated rings. The predicted molar refractivity (Wildman–Crippen MR) is 113 cm³/mol. The van der Waals surface area contributed by atoms with Gasteiger partial charge in [-0.1, -0.05) is 31.4 Å². The molecule has 0 radical (unpaired) electrons. The summed E-state index contributed by atoms with van der Waals surface area (Å²) in [6, 6.07) is 9.54. The first-order chi connectivity index (χ1) is 13.5. The monoisotopic (exact) mass is 384 g/mol. The summed E-state index contributed by atoms with van der Waals surface area (Å²) in [6.07, 6.45) is 15.2. The van der Waals surface area contributed by atoms with Gasteiger partial charge in [0.15, 0.2) is 0 Å². The Labute approximate surface area is 167 Å². The Morgan fingerprint density at radius 3 is 1.39 bits per heavy atom. The molecular weight excluding hydrogens is 352 g/mol. The number of aromatic hydroxyl groups is 4. The average molecular weight is 385 g/mol. The zero-order chi connectivity index (χ0) is 20.2. The number of aryl methyl sites for hydroxylation is 2. The van der Waals surface area contributed by atoms with Crippen molar-refractivity contribution < 1.29 is 20.4 Å². The minimum Gasteiger partial charge on any atom is -0.508 e. The second-order valence-corrected chi connectivity index (χ2v) is 7.39. The fourth-order valence-electron chi connectivity index (χ4n) is 3.38. The summed E-state index contributed by atoms with van der Waals surface area (Å²) in [4.78, 5) is 0. The molecule has 2 aromatic rings. The van der Waals surface area contributed by atoms with Gasteiger partial charge in [-0.25, -0.2) is 0 Å².